The van der Waals surface area contributed by atoms with Crippen molar-refractivity contribution >= 4 is 5.78 Å². The van der Waals surface area contributed by atoms with Gasteiger partial charge in [0.25, 0.3) is 0 Å². The van der Waals surface area contributed by atoms with E-state index in [0.29, 0.717) is 33.4 Å². The van der Waals surface area contributed by atoms with Gasteiger partial charge in [-0.2, -0.15) is 0 Å². The largest absolute Gasteiger partial charge is 0.393 e. The molecular weight excluding hydrogens is 601 g/mol. The first kappa shape index (κ1) is 35.9. The third-order valence-electron chi connectivity index (χ3n) is 17.5. The molecule has 0 aromatic carbocycles. The van der Waals surface area contributed by atoms with E-state index in [9.17, 15) is 15.0 Å². The van der Waals surface area contributed by atoms with E-state index in [4.69, 9.17) is 0 Å². The number of rotatable bonds is 4. The Morgan fingerprint density at radius 3 is 1.80 bits per heavy atom. The minimum absolute atomic E-state index is 0.0779. The summed E-state index contributed by atoms with van der Waals surface area (Å²) in [6, 6.07) is 0. The summed E-state index contributed by atoms with van der Waals surface area (Å²) in [4.78, 5) is 11.5. The van der Waals surface area contributed by atoms with Crippen LogP contribution in [0, 0.1) is 63.1 Å². The zero-order valence-electron chi connectivity index (χ0n) is 32.3. The zero-order chi connectivity index (χ0) is 34.9. The molecule has 0 bridgehead atoms. The first-order valence-corrected chi connectivity index (χ1v) is 20.9. The van der Waals surface area contributed by atoms with Gasteiger partial charge < -0.3 is 15.0 Å². The molecule has 0 aromatic rings. The molecule has 5 saturated carbocycles. The van der Waals surface area contributed by atoms with Crippen molar-refractivity contribution in [3.05, 3.63) is 46.6 Å². The summed E-state index contributed by atoms with van der Waals surface area (Å²) in [6.45, 7) is 16.4. The fourth-order valence-electron chi connectivity index (χ4n) is 14.5. The molecule has 3 nitrogen and oxygen atoms in total. The highest BCUT2D eigenvalue weighted by molar-refractivity contribution is 5.75. The Morgan fingerprint density at radius 1 is 0.735 bits per heavy atom. The van der Waals surface area contributed by atoms with Crippen molar-refractivity contribution in [1.82, 2.24) is 0 Å². The topological polar surface area (TPSA) is 57.5 Å². The normalized spacial score (nSPS) is 48.2. The second-order valence-corrected chi connectivity index (χ2v) is 19.6. The van der Waals surface area contributed by atoms with Crippen molar-refractivity contribution in [2.75, 3.05) is 0 Å². The Labute approximate surface area is 299 Å². The van der Waals surface area contributed by atoms with E-state index in [1.807, 2.05) is 0 Å². The average Bonchev–Trinajstić information content (AvgIpc) is 3.61. The minimum Gasteiger partial charge on any atom is -0.393 e. The number of allylic oxidation sites excluding steroid dienone is 6. The summed E-state index contributed by atoms with van der Waals surface area (Å²) >= 11 is 0. The van der Waals surface area contributed by atoms with Gasteiger partial charge >= 0.3 is 0 Å². The van der Waals surface area contributed by atoms with Crippen LogP contribution in [0.2, 0.25) is 0 Å². The van der Waals surface area contributed by atoms with Gasteiger partial charge in [0, 0.05) is 6.42 Å². The van der Waals surface area contributed by atoms with Gasteiger partial charge in [-0.25, -0.2) is 0 Å². The summed E-state index contributed by atoms with van der Waals surface area (Å²) in [6.07, 6.45) is 29.7. The number of hydrogen-bond acceptors (Lipinski definition) is 3. The molecule has 272 valence electrons. The summed E-state index contributed by atoms with van der Waals surface area (Å²) < 4.78 is 0. The Hall–Kier alpha value is -1.45. The first-order valence-electron chi connectivity index (χ1n) is 20.9. The lowest BCUT2D eigenvalue weighted by Crippen LogP contribution is -2.50. The smallest absolute Gasteiger partial charge is 0.129 e. The number of carbonyl (C=O) groups is 1. The highest BCUT2D eigenvalue weighted by Gasteiger charge is 2.58. The SMILES string of the molecule is C/C=C1\CCC2C3CC=C4C[C@@H](O)CC[C@]4(C)C3CC[C@]12C.CC(=O)CC[C@@H](C)C1=CCC2C3CC=C4C[C@@H](O)CC[C@]4(C)C3CC[C@]12C. The van der Waals surface area contributed by atoms with Crippen LogP contribution in [0.15, 0.2) is 46.6 Å². The number of aliphatic hydroxyl groups excluding tert-OH is 2. The minimum atomic E-state index is -0.114. The maximum Gasteiger partial charge on any atom is 0.129 e. The van der Waals surface area contributed by atoms with E-state index in [1.54, 1.807) is 29.2 Å². The molecule has 0 aliphatic heterocycles. The number of aliphatic hydroxyl groups is 2. The van der Waals surface area contributed by atoms with Gasteiger partial charge in [0.1, 0.15) is 5.78 Å². The summed E-state index contributed by atoms with van der Waals surface area (Å²) in [5, 5.41) is 20.2. The second kappa shape index (κ2) is 13.2. The van der Waals surface area contributed by atoms with Gasteiger partial charge in [0.15, 0.2) is 0 Å². The standard InChI is InChI=1S/C25H38O2.C21H32O/c1-16(5-6-17(2)26)21-9-10-22-20-8-7-18-15-19(27)11-13-24(18,3)23(20)12-14-25(21,22)4;1-4-14-6-8-18-17-7-5-15-13-16(22)9-11-21(15,3)19(17)10-12-20(14,18)2/h7,9,16,19-20,22-23,27H,5-6,8,10-15H2,1-4H3;4-5,16-19,22H,6-13H2,1-3H3/b;14-4+/t16-,19+,20?,22?,23?,24+,25-;16-,17?,18?,19?,20+,21-/m10/s1. The Bertz CT molecular complexity index is 1410. The molecule has 3 heteroatoms. The van der Waals surface area contributed by atoms with E-state index in [0.717, 1.165) is 74.0 Å². The fourth-order valence-corrected chi connectivity index (χ4v) is 14.5. The van der Waals surface area contributed by atoms with E-state index in [2.05, 4.69) is 65.8 Å². The summed E-state index contributed by atoms with van der Waals surface area (Å²) in [5.41, 5.74) is 8.11. The molecular formula is C46H70O3. The predicted molar refractivity (Wildman–Crippen MR) is 202 cm³/mol. The second-order valence-electron chi connectivity index (χ2n) is 19.6. The number of fused-ring (bicyclic) bond motifs is 10. The molecule has 0 aromatic heterocycles. The quantitative estimate of drug-likeness (QED) is 0.293. The molecule has 49 heavy (non-hydrogen) atoms. The molecule has 5 fully saturated rings. The monoisotopic (exact) mass is 671 g/mol. The molecule has 0 amide bonds. The molecule has 0 radical (unpaired) electrons. The van der Waals surface area contributed by atoms with E-state index in [1.165, 1.54) is 70.6 Å². The van der Waals surface area contributed by atoms with Crippen LogP contribution in [0.4, 0.5) is 0 Å². The molecule has 13 atom stereocenters. The molecule has 2 N–H and O–H groups in total. The van der Waals surface area contributed by atoms with Crippen LogP contribution in [0.25, 0.3) is 0 Å². The van der Waals surface area contributed by atoms with Crippen LogP contribution in [0.1, 0.15) is 158 Å². The molecule has 8 rings (SSSR count). The van der Waals surface area contributed by atoms with Crippen LogP contribution >= 0.6 is 0 Å². The van der Waals surface area contributed by atoms with Gasteiger partial charge in [-0.1, -0.05) is 81.2 Å². The number of carbonyl (C=O) groups excluding carboxylic acids is 1. The van der Waals surface area contributed by atoms with Crippen molar-refractivity contribution in [3.63, 3.8) is 0 Å². The lowest BCUT2D eigenvalue weighted by Gasteiger charge is -2.58. The Balaban J connectivity index is 0.000000157. The number of ketones is 1. The summed E-state index contributed by atoms with van der Waals surface area (Å²) in [7, 11) is 0. The Morgan fingerprint density at radius 2 is 1.24 bits per heavy atom. The third kappa shape index (κ3) is 5.86. The van der Waals surface area contributed by atoms with Gasteiger partial charge in [-0.3, -0.25) is 0 Å². The van der Waals surface area contributed by atoms with Gasteiger partial charge in [-0.05, 0) is 180 Å². The Kier molecular flexibility index (Phi) is 9.68. The first-order chi connectivity index (χ1) is 23.2. The number of hydrogen-bond donors (Lipinski definition) is 2. The molecule has 6 unspecified atom stereocenters. The highest BCUT2D eigenvalue weighted by atomic mass is 16.3. The van der Waals surface area contributed by atoms with E-state index in [-0.39, 0.29) is 12.2 Å². The lowest BCUT2D eigenvalue weighted by molar-refractivity contribution is -0.117. The van der Waals surface area contributed by atoms with Crippen LogP contribution in [-0.2, 0) is 4.79 Å². The maximum absolute atomic E-state index is 11.5. The number of Topliss-reactive ketones (excluding diaryl/α,β-unsaturated/α-hetero) is 1. The van der Waals surface area contributed by atoms with Crippen LogP contribution in [-0.4, -0.2) is 28.2 Å². The average molecular weight is 671 g/mol. The van der Waals surface area contributed by atoms with E-state index >= 15 is 0 Å². The molecule has 0 saturated heterocycles. The van der Waals surface area contributed by atoms with Crippen molar-refractivity contribution in [2.45, 2.75) is 170 Å². The third-order valence-corrected chi connectivity index (χ3v) is 17.5. The molecule has 8 aliphatic carbocycles. The fraction of sp³-hybridized carbons (Fsp3) is 0.804. The zero-order valence-corrected chi connectivity index (χ0v) is 32.3. The highest BCUT2D eigenvalue weighted by Crippen LogP contribution is 2.67. The van der Waals surface area contributed by atoms with Crippen molar-refractivity contribution in [1.29, 1.82) is 0 Å². The predicted octanol–water partition coefficient (Wildman–Crippen LogP) is 11.1. The van der Waals surface area contributed by atoms with Crippen molar-refractivity contribution < 1.29 is 15.0 Å². The summed E-state index contributed by atoms with van der Waals surface area (Å²) in [5.74, 6) is 5.88. The molecule has 8 aliphatic rings. The maximum atomic E-state index is 11.5. The van der Waals surface area contributed by atoms with Crippen LogP contribution in [0.5, 0.6) is 0 Å². The lowest BCUT2D eigenvalue weighted by atomic mass is 9.47. The molecule has 0 heterocycles. The van der Waals surface area contributed by atoms with Crippen molar-refractivity contribution in [3.8, 4) is 0 Å². The van der Waals surface area contributed by atoms with Crippen molar-refractivity contribution in [2.24, 2.45) is 63.1 Å². The van der Waals surface area contributed by atoms with Crippen LogP contribution in [0.3, 0.4) is 0 Å². The van der Waals surface area contributed by atoms with Crippen LogP contribution < -0.4 is 0 Å². The van der Waals surface area contributed by atoms with Gasteiger partial charge in [0.05, 0.1) is 12.2 Å². The molecule has 0 spiro atoms. The van der Waals surface area contributed by atoms with Gasteiger partial charge in [-0.15, -0.1) is 0 Å². The van der Waals surface area contributed by atoms with E-state index < -0.39 is 0 Å². The van der Waals surface area contributed by atoms with Gasteiger partial charge in [0.2, 0.25) is 0 Å².